The first kappa shape index (κ1) is 21.1. The Morgan fingerprint density at radius 2 is 1.82 bits per heavy atom. The lowest BCUT2D eigenvalue weighted by Gasteiger charge is -2.37. The van der Waals surface area contributed by atoms with Gasteiger partial charge in [0.25, 0.3) is 5.91 Å². The van der Waals surface area contributed by atoms with Gasteiger partial charge in [-0.05, 0) is 44.9 Å². The Morgan fingerprint density at radius 1 is 1.14 bits per heavy atom. The molecule has 2 aliphatic rings. The zero-order valence-corrected chi connectivity index (χ0v) is 17.7. The van der Waals surface area contributed by atoms with Crippen LogP contribution in [0.25, 0.3) is 0 Å². The van der Waals surface area contributed by atoms with E-state index in [1.54, 1.807) is 17.0 Å². The van der Waals surface area contributed by atoms with E-state index in [2.05, 4.69) is 0 Å². The number of sulfonamides is 1. The summed E-state index contributed by atoms with van der Waals surface area (Å²) in [6.07, 6.45) is 3.73. The van der Waals surface area contributed by atoms with Crippen LogP contribution < -0.4 is 4.74 Å². The van der Waals surface area contributed by atoms with Crippen molar-refractivity contribution in [3.63, 3.8) is 0 Å². The van der Waals surface area contributed by atoms with Crippen LogP contribution in [-0.2, 0) is 14.8 Å². The average molecular weight is 411 g/mol. The van der Waals surface area contributed by atoms with E-state index in [9.17, 15) is 13.2 Å². The number of hydrogen-bond donors (Lipinski definition) is 0. The molecule has 1 aromatic carbocycles. The van der Waals surface area contributed by atoms with Crippen LogP contribution in [0.15, 0.2) is 23.1 Å². The summed E-state index contributed by atoms with van der Waals surface area (Å²) in [5.41, 5.74) is 0.357. The SMILES string of the molecule is COc1ccc(C(=O)N2CC(C)OCC2C)cc1S(=O)(=O)N1CCCCCC1. The normalized spacial score (nSPS) is 24.6. The Labute approximate surface area is 167 Å². The molecule has 2 unspecified atom stereocenters. The molecule has 0 aromatic heterocycles. The topological polar surface area (TPSA) is 76.1 Å². The zero-order chi connectivity index (χ0) is 20.3. The summed E-state index contributed by atoms with van der Waals surface area (Å²) in [5.74, 6) is 0.0850. The molecule has 28 heavy (non-hydrogen) atoms. The lowest BCUT2D eigenvalue weighted by molar-refractivity contribution is -0.0387. The molecular formula is C20H30N2O5S. The van der Waals surface area contributed by atoms with E-state index < -0.39 is 10.0 Å². The molecule has 2 atom stereocenters. The van der Waals surface area contributed by atoms with Crippen molar-refractivity contribution in [3.8, 4) is 5.75 Å². The summed E-state index contributed by atoms with van der Waals surface area (Å²) in [6.45, 7) is 5.82. The van der Waals surface area contributed by atoms with Crippen molar-refractivity contribution in [2.24, 2.45) is 0 Å². The van der Waals surface area contributed by atoms with E-state index in [0.717, 1.165) is 25.7 Å². The summed E-state index contributed by atoms with van der Waals surface area (Å²) in [5, 5.41) is 0. The van der Waals surface area contributed by atoms with E-state index in [0.29, 0.717) is 31.8 Å². The summed E-state index contributed by atoms with van der Waals surface area (Å²) < 4.78 is 39.0. The molecule has 0 radical (unpaired) electrons. The molecule has 2 fully saturated rings. The third kappa shape index (κ3) is 4.34. The number of amides is 1. The smallest absolute Gasteiger partial charge is 0.254 e. The molecule has 0 N–H and O–H groups in total. The molecule has 2 saturated heterocycles. The Hall–Kier alpha value is -1.64. The number of ether oxygens (including phenoxy) is 2. The van der Waals surface area contributed by atoms with Gasteiger partial charge in [0, 0.05) is 25.2 Å². The van der Waals surface area contributed by atoms with Crippen LogP contribution >= 0.6 is 0 Å². The second kappa shape index (κ2) is 8.80. The number of benzene rings is 1. The zero-order valence-electron chi connectivity index (χ0n) is 16.9. The van der Waals surface area contributed by atoms with Crippen LogP contribution in [0.5, 0.6) is 5.75 Å². The number of rotatable bonds is 4. The number of hydrogen-bond acceptors (Lipinski definition) is 5. The summed E-state index contributed by atoms with van der Waals surface area (Å²) >= 11 is 0. The van der Waals surface area contributed by atoms with E-state index in [4.69, 9.17) is 9.47 Å². The van der Waals surface area contributed by atoms with Gasteiger partial charge >= 0.3 is 0 Å². The van der Waals surface area contributed by atoms with Crippen molar-refractivity contribution in [2.45, 2.75) is 56.6 Å². The predicted molar refractivity (Wildman–Crippen MR) is 106 cm³/mol. The van der Waals surface area contributed by atoms with Crippen LogP contribution in [0.3, 0.4) is 0 Å². The van der Waals surface area contributed by atoms with Crippen LogP contribution in [-0.4, -0.2) is 69.0 Å². The van der Waals surface area contributed by atoms with Gasteiger partial charge in [-0.2, -0.15) is 4.31 Å². The average Bonchev–Trinajstić information content (AvgIpc) is 2.99. The third-order valence-corrected chi connectivity index (χ3v) is 7.38. The standard InChI is InChI=1S/C20H30N2O5S/c1-15-14-27-16(2)13-22(15)20(23)17-8-9-18(26-3)19(12-17)28(24,25)21-10-6-4-5-7-11-21/h8-9,12,15-16H,4-7,10-11,13-14H2,1-3H3. The molecule has 1 aromatic rings. The van der Waals surface area contributed by atoms with Crippen molar-refractivity contribution in [1.29, 1.82) is 0 Å². The number of morpholine rings is 1. The summed E-state index contributed by atoms with van der Waals surface area (Å²) in [6, 6.07) is 4.62. The molecule has 3 rings (SSSR count). The molecule has 2 aliphatic heterocycles. The van der Waals surface area contributed by atoms with Gasteiger partial charge in [0.05, 0.1) is 25.9 Å². The van der Waals surface area contributed by atoms with E-state index >= 15 is 0 Å². The molecular weight excluding hydrogens is 380 g/mol. The first-order chi connectivity index (χ1) is 13.3. The minimum atomic E-state index is -3.73. The quantitative estimate of drug-likeness (QED) is 0.762. The molecule has 0 spiro atoms. The first-order valence-electron chi connectivity index (χ1n) is 9.95. The second-order valence-electron chi connectivity index (χ2n) is 7.63. The molecule has 156 valence electrons. The highest BCUT2D eigenvalue weighted by Gasteiger charge is 2.32. The maximum absolute atomic E-state index is 13.3. The van der Waals surface area contributed by atoms with Gasteiger partial charge in [0.15, 0.2) is 0 Å². The molecule has 8 heteroatoms. The van der Waals surface area contributed by atoms with Crippen LogP contribution in [0.1, 0.15) is 49.9 Å². The summed E-state index contributed by atoms with van der Waals surface area (Å²) in [7, 11) is -2.28. The maximum atomic E-state index is 13.3. The minimum absolute atomic E-state index is 0.0429. The number of methoxy groups -OCH3 is 1. The van der Waals surface area contributed by atoms with Gasteiger partial charge in [0.1, 0.15) is 10.6 Å². The van der Waals surface area contributed by atoms with Crippen molar-refractivity contribution in [1.82, 2.24) is 9.21 Å². The molecule has 0 bridgehead atoms. The number of carbonyl (C=O) groups excluding carboxylic acids is 1. The minimum Gasteiger partial charge on any atom is -0.495 e. The Bertz CT molecular complexity index is 803. The largest absolute Gasteiger partial charge is 0.495 e. The number of nitrogens with zero attached hydrogens (tertiary/aromatic N) is 2. The lowest BCUT2D eigenvalue weighted by Crippen LogP contribution is -2.50. The van der Waals surface area contributed by atoms with E-state index in [-0.39, 0.29) is 28.7 Å². The van der Waals surface area contributed by atoms with Gasteiger partial charge in [0.2, 0.25) is 10.0 Å². The van der Waals surface area contributed by atoms with Crippen molar-refractivity contribution in [3.05, 3.63) is 23.8 Å². The monoisotopic (exact) mass is 410 g/mol. The maximum Gasteiger partial charge on any atom is 0.254 e. The van der Waals surface area contributed by atoms with Crippen molar-refractivity contribution in [2.75, 3.05) is 33.4 Å². The fraction of sp³-hybridized carbons (Fsp3) is 0.650. The highest BCUT2D eigenvalue weighted by molar-refractivity contribution is 7.89. The van der Waals surface area contributed by atoms with E-state index in [1.165, 1.54) is 17.5 Å². The van der Waals surface area contributed by atoms with Crippen molar-refractivity contribution >= 4 is 15.9 Å². The summed E-state index contributed by atoms with van der Waals surface area (Å²) in [4.78, 5) is 14.9. The fourth-order valence-electron chi connectivity index (χ4n) is 3.78. The van der Waals surface area contributed by atoms with Gasteiger partial charge in [-0.1, -0.05) is 12.8 Å². The lowest BCUT2D eigenvalue weighted by atomic mass is 10.1. The van der Waals surface area contributed by atoms with Gasteiger partial charge in [-0.25, -0.2) is 8.42 Å². The van der Waals surface area contributed by atoms with Crippen LogP contribution in [0, 0.1) is 0 Å². The molecule has 0 aliphatic carbocycles. The van der Waals surface area contributed by atoms with Gasteiger partial charge < -0.3 is 14.4 Å². The Balaban J connectivity index is 1.94. The highest BCUT2D eigenvalue weighted by atomic mass is 32.2. The molecule has 0 saturated carbocycles. The van der Waals surface area contributed by atoms with Gasteiger partial charge in [-0.15, -0.1) is 0 Å². The van der Waals surface area contributed by atoms with Gasteiger partial charge in [-0.3, -0.25) is 4.79 Å². The second-order valence-corrected chi connectivity index (χ2v) is 9.54. The molecule has 2 heterocycles. The predicted octanol–water partition coefficient (Wildman–Crippen LogP) is 2.51. The molecule has 1 amide bonds. The van der Waals surface area contributed by atoms with Crippen molar-refractivity contribution < 1.29 is 22.7 Å². The third-order valence-electron chi connectivity index (χ3n) is 5.46. The fourth-order valence-corrected chi connectivity index (χ4v) is 5.48. The number of carbonyl (C=O) groups is 1. The Kier molecular flexibility index (Phi) is 6.62. The Morgan fingerprint density at radius 3 is 2.46 bits per heavy atom. The first-order valence-corrected chi connectivity index (χ1v) is 11.4. The van der Waals surface area contributed by atoms with Crippen LogP contribution in [0.2, 0.25) is 0 Å². The highest BCUT2D eigenvalue weighted by Crippen LogP contribution is 2.30. The van der Waals surface area contributed by atoms with Crippen LogP contribution in [0.4, 0.5) is 0 Å². The molecule has 7 nitrogen and oxygen atoms in total. The van der Waals surface area contributed by atoms with E-state index in [1.807, 2.05) is 13.8 Å².